The Balaban J connectivity index is 3.29. The predicted octanol–water partition coefficient (Wildman–Crippen LogP) is 2.22. The van der Waals surface area contributed by atoms with E-state index in [2.05, 4.69) is 10.2 Å². The summed E-state index contributed by atoms with van der Waals surface area (Å²) in [6, 6.07) is 0. The van der Waals surface area contributed by atoms with E-state index >= 15 is 0 Å². The summed E-state index contributed by atoms with van der Waals surface area (Å²) in [6.07, 6.45) is -0.668. The Kier molecular flexibility index (Phi) is 3.57. The molecule has 0 aliphatic heterocycles. The monoisotopic (exact) mass is 236 g/mol. The quantitative estimate of drug-likeness (QED) is 0.875. The highest BCUT2D eigenvalue weighted by molar-refractivity contribution is 6.30. The van der Waals surface area contributed by atoms with Gasteiger partial charge in [0, 0.05) is 13.0 Å². The molecule has 1 rings (SSSR count). The molecule has 0 radical (unpaired) electrons. The fraction of sp³-hybridized carbons (Fsp3) is 0.556. The summed E-state index contributed by atoms with van der Waals surface area (Å²) in [6.45, 7) is 2.48. The van der Waals surface area contributed by atoms with Gasteiger partial charge in [0.25, 0.3) is 5.92 Å². The fourth-order valence-electron chi connectivity index (χ4n) is 1.27. The van der Waals surface area contributed by atoms with E-state index < -0.39 is 19.0 Å². The van der Waals surface area contributed by atoms with Crippen LogP contribution in [0.4, 0.5) is 8.78 Å². The smallest absolute Gasteiger partial charge is 0.278 e. The lowest BCUT2D eigenvalue weighted by atomic mass is 10.0. The Labute approximate surface area is 91.1 Å². The average molecular weight is 237 g/mol. The number of aromatic nitrogens is 2. The number of nitrogens with zero attached hydrogens (tertiary/aromatic N) is 2. The number of aliphatic hydroxyl groups is 1. The average Bonchev–Trinajstić information content (AvgIpc) is 2.11. The number of hydrogen-bond donors (Lipinski definition) is 1. The van der Waals surface area contributed by atoms with Gasteiger partial charge in [0.05, 0.1) is 11.3 Å². The van der Waals surface area contributed by atoms with Crippen LogP contribution < -0.4 is 0 Å². The first-order valence-corrected chi connectivity index (χ1v) is 4.76. The summed E-state index contributed by atoms with van der Waals surface area (Å²) in [7, 11) is 0. The molecule has 0 saturated heterocycles. The molecule has 1 aromatic heterocycles. The van der Waals surface area contributed by atoms with Crippen LogP contribution in [0.5, 0.6) is 0 Å². The normalized spacial score (nSPS) is 11.9. The lowest BCUT2D eigenvalue weighted by molar-refractivity contribution is -0.0278. The Morgan fingerprint density at radius 3 is 2.47 bits per heavy atom. The molecule has 1 heterocycles. The van der Waals surface area contributed by atoms with E-state index in [9.17, 15) is 8.78 Å². The van der Waals surface area contributed by atoms with Gasteiger partial charge in [-0.2, -0.15) is 5.10 Å². The molecule has 0 spiro atoms. The molecule has 0 saturated carbocycles. The van der Waals surface area contributed by atoms with Crippen molar-refractivity contribution < 1.29 is 13.9 Å². The molecule has 0 aliphatic carbocycles. The lowest BCUT2D eigenvalue weighted by Gasteiger charge is -2.19. The van der Waals surface area contributed by atoms with Gasteiger partial charge in [0.15, 0.2) is 5.15 Å². The Morgan fingerprint density at radius 1 is 1.33 bits per heavy atom. The van der Waals surface area contributed by atoms with Gasteiger partial charge in [0.1, 0.15) is 0 Å². The van der Waals surface area contributed by atoms with Crippen molar-refractivity contribution in [2.45, 2.75) is 26.2 Å². The minimum absolute atomic E-state index is 0.309. The van der Waals surface area contributed by atoms with Crippen molar-refractivity contribution in [3.05, 3.63) is 22.0 Å². The van der Waals surface area contributed by atoms with Crippen molar-refractivity contribution >= 4 is 11.6 Å². The van der Waals surface area contributed by atoms with E-state index in [4.69, 9.17) is 16.7 Å². The fourth-order valence-corrected chi connectivity index (χ4v) is 1.59. The van der Waals surface area contributed by atoms with Crippen LogP contribution in [0.2, 0.25) is 5.15 Å². The summed E-state index contributed by atoms with van der Waals surface area (Å²) in [5.74, 6) is -3.17. The van der Waals surface area contributed by atoms with E-state index in [1.165, 1.54) is 6.92 Å². The standard InChI is InChI=1S/C9H11ClF2N2O/c1-5-6(2)13-14-8(10)7(5)9(11,12)3-4-15/h15H,3-4H2,1-2H3. The van der Waals surface area contributed by atoms with E-state index in [0.717, 1.165) is 0 Å². The predicted molar refractivity (Wildman–Crippen MR) is 52.1 cm³/mol. The van der Waals surface area contributed by atoms with E-state index in [1.54, 1.807) is 6.92 Å². The van der Waals surface area contributed by atoms with E-state index in [1.807, 2.05) is 0 Å². The van der Waals surface area contributed by atoms with E-state index in [0.29, 0.717) is 11.3 Å². The minimum atomic E-state index is -3.17. The SMILES string of the molecule is Cc1nnc(Cl)c(C(F)(F)CCO)c1C. The van der Waals surface area contributed by atoms with Gasteiger partial charge in [-0.25, -0.2) is 8.78 Å². The largest absolute Gasteiger partial charge is 0.396 e. The van der Waals surface area contributed by atoms with Gasteiger partial charge >= 0.3 is 0 Å². The number of aryl methyl sites for hydroxylation is 1. The van der Waals surface area contributed by atoms with Crippen LogP contribution in [0.1, 0.15) is 23.2 Å². The summed E-state index contributed by atoms with van der Waals surface area (Å²) < 4.78 is 27.1. The molecule has 0 unspecified atom stereocenters. The number of aliphatic hydroxyl groups excluding tert-OH is 1. The maximum Gasteiger partial charge on any atom is 0.278 e. The van der Waals surface area contributed by atoms with Crippen molar-refractivity contribution in [2.24, 2.45) is 0 Å². The number of alkyl halides is 2. The van der Waals surface area contributed by atoms with Crippen molar-refractivity contribution in [2.75, 3.05) is 6.61 Å². The molecule has 84 valence electrons. The second-order valence-corrected chi connectivity index (χ2v) is 3.61. The first-order chi connectivity index (χ1) is 6.90. The highest BCUT2D eigenvalue weighted by Crippen LogP contribution is 2.37. The summed E-state index contributed by atoms with van der Waals surface area (Å²) in [5.41, 5.74) is 0.381. The number of halogens is 3. The van der Waals surface area contributed by atoms with Crippen LogP contribution in [0.25, 0.3) is 0 Å². The third kappa shape index (κ3) is 2.41. The molecule has 1 aromatic rings. The highest BCUT2D eigenvalue weighted by atomic mass is 35.5. The molecular weight excluding hydrogens is 226 g/mol. The molecule has 0 atom stereocenters. The van der Waals surface area contributed by atoms with Crippen molar-refractivity contribution in [1.29, 1.82) is 0 Å². The van der Waals surface area contributed by atoms with Gasteiger partial charge < -0.3 is 5.11 Å². The van der Waals surface area contributed by atoms with E-state index in [-0.39, 0.29) is 10.7 Å². The van der Waals surface area contributed by atoms with Crippen LogP contribution in [0.15, 0.2) is 0 Å². The lowest BCUT2D eigenvalue weighted by Crippen LogP contribution is -2.19. The summed E-state index contributed by atoms with van der Waals surface area (Å²) in [4.78, 5) is 0. The zero-order chi connectivity index (χ0) is 11.6. The molecule has 0 amide bonds. The zero-order valence-electron chi connectivity index (χ0n) is 8.39. The topological polar surface area (TPSA) is 46.0 Å². The van der Waals surface area contributed by atoms with Crippen LogP contribution >= 0.6 is 11.6 Å². The maximum absolute atomic E-state index is 13.5. The molecule has 0 bridgehead atoms. The summed E-state index contributed by atoms with van der Waals surface area (Å²) >= 11 is 5.59. The zero-order valence-corrected chi connectivity index (χ0v) is 9.15. The van der Waals surface area contributed by atoms with Crippen LogP contribution in [-0.4, -0.2) is 21.9 Å². The molecule has 6 heteroatoms. The molecule has 0 aliphatic rings. The van der Waals surface area contributed by atoms with Gasteiger partial charge in [-0.3, -0.25) is 0 Å². The van der Waals surface area contributed by atoms with Crippen molar-refractivity contribution in [3.8, 4) is 0 Å². The third-order valence-corrected chi connectivity index (χ3v) is 2.47. The number of rotatable bonds is 3. The molecule has 1 N–H and O–H groups in total. The Morgan fingerprint density at radius 2 is 1.93 bits per heavy atom. The first-order valence-electron chi connectivity index (χ1n) is 4.38. The van der Waals surface area contributed by atoms with Crippen LogP contribution in [0.3, 0.4) is 0 Å². The minimum Gasteiger partial charge on any atom is -0.396 e. The van der Waals surface area contributed by atoms with Crippen LogP contribution in [0, 0.1) is 13.8 Å². The molecule has 3 nitrogen and oxygen atoms in total. The van der Waals surface area contributed by atoms with Crippen molar-refractivity contribution in [1.82, 2.24) is 10.2 Å². The van der Waals surface area contributed by atoms with Crippen LogP contribution in [-0.2, 0) is 5.92 Å². The molecular formula is C9H11ClF2N2O. The van der Waals surface area contributed by atoms with Gasteiger partial charge in [-0.15, -0.1) is 5.10 Å². The maximum atomic E-state index is 13.5. The second-order valence-electron chi connectivity index (χ2n) is 3.25. The first kappa shape index (κ1) is 12.3. The van der Waals surface area contributed by atoms with Gasteiger partial charge in [0.2, 0.25) is 0 Å². The second kappa shape index (κ2) is 4.37. The number of hydrogen-bond acceptors (Lipinski definition) is 3. The third-order valence-electron chi connectivity index (χ3n) is 2.20. The molecule has 0 fully saturated rings. The van der Waals surface area contributed by atoms with Gasteiger partial charge in [-0.1, -0.05) is 11.6 Å². The Bertz CT molecular complexity index is 371. The molecule has 0 aromatic carbocycles. The van der Waals surface area contributed by atoms with Gasteiger partial charge in [-0.05, 0) is 19.4 Å². The Hall–Kier alpha value is -0.810. The molecule has 15 heavy (non-hydrogen) atoms. The summed E-state index contributed by atoms with van der Waals surface area (Å²) in [5, 5.41) is 15.3. The highest BCUT2D eigenvalue weighted by Gasteiger charge is 2.36. The van der Waals surface area contributed by atoms with Crippen molar-refractivity contribution in [3.63, 3.8) is 0 Å².